The lowest BCUT2D eigenvalue weighted by atomic mass is 10.2. The van der Waals surface area contributed by atoms with Crippen molar-refractivity contribution in [2.45, 2.75) is 6.92 Å². The molecule has 0 radical (unpaired) electrons. The van der Waals surface area contributed by atoms with E-state index < -0.39 is 0 Å². The number of hydrogen-bond acceptors (Lipinski definition) is 5. The molecule has 0 saturated heterocycles. The number of nitrogens with two attached hydrogens (primary N) is 1. The fourth-order valence-corrected chi connectivity index (χ4v) is 2.48. The summed E-state index contributed by atoms with van der Waals surface area (Å²) in [5.74, 6) is 1.16. The summed E-state index contributed by atoms with van der Waals surface area (Å²) < 4.78 is 0. The number of nitrogens with one attached hydrogen (secondary N) is 4. The number of fused-ring (bicyclic) bond motifs is 2. The highest BCUT2D eigenvalue weighted by molar-refractivity contribution is 5.92. The van der Waals surface area contributed by atoms with E-state index in [4.69, 9.17) is 5.73 Å². The Morgan fingerprint density at radius 3 is 3.00 bits per heavy atom. The minimum absolute atomic E-state index is 0.246. The number of benzene rings is 1. The van der Waals surface area contributed by atoms with Gasteiger partial charge >= 0.3 is 5.69 Å². The fraction of sp³-hybridized carbons (Fsp3) is 0.0714. The predicted octanol–water partition coefficient (Wildman–Crippen LogP) is 1.76. The summed E-state index contributed by atoms with van der Waals surface area (Å²) >= 11 is 0. The van der Waals surface area contributed by atoms with Gasteiger partial charge < -0.3 is 21.0 Å². The number of aromatic amines is 3. The van der Waals surface area contributed by atoms with Gasteiger partial charge in [0, 0.05) is 0 Å². The molecule has 0 spiro atoms. The molecule has 0 saturated carbocycles. The molecule has 3 heterocycles. The van der Waals surface area contributed by atoms with Crippen LogP contribution in [0.25, 0.3) is 22.1 Å². The lowest BCUT2D eigenvalue weighted by Crippen LogP contribution is -2.00. The number of anilines is 3. The highest BCUT2D eigenvalue weighted by Gasteiger charge is 2.11. The first-order valence-corrected chi connectivity index (χ1v) is 6.71. The van der Waals surface area contributed by atoms with Gasteiger partial charge in [-0.25, -0.2) is 9.78 Å². The van der Waals surface area contributed by atoms with Gasteiger partial charge in [0.1, 0.15) is 11.6 Å². The number of rotatable bonds is 2. The zero-order valence-electron chi connectivity index (χ0n) is 11.7. The summed E-state index contributed by atoms with van der Waals surface area (Å²) in [5.41, 5.74) is 9.22. The summed E-state index contributed by atoms with van der Waals surface area (Å²) in [4.78, 5) is 21.4. The Balaban J connectivity index is 1.85. The second-order valence-electron chi connectivity index (χ2n) is 5.09. The molecule has 8 heteroatoms. The molecule has 0 atom stereocenters. The van der Waals surface area contributed by atoms with Gasteiger partial charge in [0.15, 0.2) is 5.65 Å². The van der Waals surface area contributed by atoms with Crippen LogP contribution in [0.3, 0.4) is 0 Å². The fourth-order valence-electron chi connectivity index (χ4n) is 2.48. The number of nitrogen functional groups attached to an aromatic ring is 1. The average Bonchev–Trinajstić information content (AvgIpc) is 3.03. The van der Waals surface area contributed by atoms with Gasteiger partial charge in [-0.15, -0.1) is 0 Å². The summed E-state index contributed by atoms with van der Waals surface area (Å²) in [7, 11) is 0. The zero-order valence-corrected chi connectivity index (χ0v) is 11.7. The van der Waals surface area contributed by atoms with Crippen molar-refractivity contribution in [2.75, 3.05) is 11.1 Å². The third kappa shape index (κ3) is 1.81. The molecule has 4 rings (SSSR count). The minimum Gasteiger partial charge on any atom is -0.384 e. The van der Waals surface area contributed by atoms with Crippen LogP contribution >= 0.6 is 0 Å². The maximum Gasteiger partial charge on any atom is 0.323 e. The van der Waals surface area contributed by atoms with Crippen molar-refractivity contribution in [1.29, 1.82) is 0 Å². The van der Waals surface area contributed by atoms with Crippen molar-refractivity contribution in [2.24, 2.45) is 0 Å². The number of aromatic nitrogens is 5. The van der Waals surface area contributed by atoms with Crippen LogP contribution < -0.4 is 16.7 Å². The molecule has 0 unspecified atom stereocenters. The van der Waals surface area contributed by atoms with Crippen LogP contribution in [0.1, 0.15) is 5.56 Å². The standard InChI is InChI=1S/C14H13N7O/c1-6-5-7-11(15)20-21-13(7)19-12(6)16-8-3-2-4-9-10(8)18-14(22)17-9/h2-5H,1H3,(H2,17,18,22)(H4,15,16,19,20,21). The van der Waals surface area contributed by atoms with Gasteiger partial charge in [0.25, 0.3) is 0 Å². The van der Waals surface area contributed by atoms with E-state index in [0.29, 0.717) is 22.8 Å². The zero-order chi connectivity index (χ0) is 15.3. The van der Waals surface area contributed by atoms with Crippen molar-refractivity contribution >= 4 is 39.4 Å². The molecule has 6 N–H and O–H groups in total. The Hall–Kier alpha value is -3.29. The predicted molar refractivity (Wildman–Crippen MR) is 85.2 cm³/mol. The summed E-state index contributed by atoms with van der Waals surface area (Å²) in [6, 6.07) is 7.48. The normalized spacial score (nSPS) is 11.3. The van der Waals surface area contributed by atoms with Gasteiger partial charge in [0.05, 0.1) is 22.1 Å². The molecule has 0 aliphatic rings. The second kappa shape index (κ2) is 4.35. The molecule has 0 fully saturated rings. The molecule has 4 aromatic rings. The lowest BCUT2D eigenvalue weighted by Gasteiger charge is -2.09. The summed E-state index contributed by atoms with van der Waals surface area (Å²) in [5, 5.41) is 10.8. The number of hydrogen-bond donors (Lipinski definition) is 5. The van der Waals surface area contributed by atoms with Crippen LogP contribution in [0, 0.1) is 6.92 Å². The van der Waals surface area contributed by atoms with Crippen molar-refractivity contribution < 1.29 is 0 Å². The first kappa shape index (κ1) is 12.5. The van der Waals surface area contributed by atoms with Gasteiger partial charge in [0.2, 0.25) is 0 Å². The molecule has 0 bridgehead atoms. The van der Waals surface area contributed by atoms with Gasteiger partial charge in [-0.05, 0) is 30.7 Å². The quantitative estimate of drug-likeness (QED) is 0.385. The van der Waals surface area contributed by atoms with E-state index in [-0.39, 0.29) is 5.69 Å². The van der Waals surface area contributed by atoms with E-state index >= 15 is 0 Å². The van der Waals surface area contributed by atoms with Crippen molar-refractivity contribution in [1.82, 2.24) is 25.1 Å². The van der Waals surface area contributed by atoms with Crippen LogP contribution in [-0.2, 0) is 0 Å². The number of imidazole rings is 1. The van der Waals surface area contributed by atoms with Crippen LogP contribution in [0.15, 0.2) is 29.1 Å². The second-order valence-corrected chi connectivity index (χ2v) is 5.09. The van der Waals surface area contributed by atoms with Crippen molar-refractivity contribution in [3.05, 3.63) is 40.3 Å². The van der Waals surface area contributed by atoms with Crippen molar-refractivity contribution in [3.63, 3.8) is 0 Å². The maximum atomic E-state index is 11.5. The van der Waals surface area contributed by atoms with E-state index in [1.54, 1.807) is 0 Å². The van der Waals surface area contributed by atoms with E-state index in [9.17, 15) is 4.79 Å². The molecular weight excluding hydrogens is 282 g/mol. The third-order valence-electron chi connectivity index (χ3n) is 3.57. The van der Waals surface area contributed by atoms with Gasteiger partial charge in [-0.3, -0.25) is 5.10 Å². The lowest BCUT2D eigenvalue weighted by molar-refractivity contribution is 1.10. The number of H-pyrrole nitrogens is 3. The first-order chi connectivity index (χ1) is 10.6. The first-order valence-electron chi connectivity index (χ1n) is 6.71. The third-order valence-corrected chi connectivity index (χ3v) is 3.57. The largest absolute Gasteiger partial charge is 0.384 e. The number of pyridine rings is 1. The van der Waals surface area contributed by atoms with Crippen LogP contribution in [0.5, 0.6) is 0 Å². The molecule has 0 aliphatic heterocycles. The van der Waals surface area contributed by atoms with Gasteiger partial charge in [-0.1, -0.05) is 6.07 Å². The SMILES string of the molecule is Cc1cc2c(N)[nH]nc2nc1Nc1cccc2[nH]c(=O)[nH]c12. The summed E-state index contributed by atoms with van der Waals surface area (Å²) in [6.07, 6.45) is 0. The molecule has 0 aliphatic carbocycles. The smallest absolute Gasteiger partial charge is 0.323 e. The minimum atomic E-state index is -0.246. The molecule has 22 heavy (non-hydrogen) atoms. The van der Waals surface area contributed by atoms with Gasteiger partial charge in [-0.2, -0.15) is 5.10 Å². The maximum absolute atomic E-state index is 11.5. The molecule has 110 valence electrons. The van der Waals surface area contributed by atoms with Crippen LogP contribution in [0.4, 0.5) is 17.3 Å². The summed E-state index contributed by atoms with van der Waals surface area (Å²) in [6.45, 7) is 1.93. The number of nitrogens with zero attached hydrogens (tertiary/aromatic N) is 2. The molecule has 3 aromatic heterocycles. The van der Waals surface area contributed by atoms with E-state index in [2.05, 4.69) is 30.5 Å². The van der Waals surface area contributed by atoms with Crippen LogP contribution in [-0.4, -0.2) is 25.1 Å². The molecule has 0 amide bonds. The topological polar surface area (TPSA) is 128 Å². The van der Waals surface area contributed by atoms with Crippen LogP contribution in [0.2, 0.25) is 0 Å². The Bertz CT molecular complexity index is 1060. The van der Waals surface area contributed by atoms with E-state index in [0.717, 1.165) is 22.2 Å². The van der Waals surface area contributed by atoms with E-state index in [1.165, 1.54) is 0 Å². The Labute approximate surface area is 123 Å². The number of para-hydroxylation sites is 1. The molecule has 1 aromatic carbocycles. The number of aryl methyl sites for hydroxylation is 1. The monoisotopic (exact) mass is 295 g/mol. The Morgan fingerprint density at radius 2 is 2.14 bits per heavy atom. The Kier molecular flexibility index (Phi) is 2.46. The molecular formula is C14H13N7O. The van der Waals surface area contributed by atoms with E-state index in [1.807, 2.05) is 31.2 Å². The highest BCUT2D eigenvalue weighted by atomic mass is 16.1. The highest BCUT2D eigenvalue weighted by Crippen LogP contribution is 2.27. The average molecular weight is 295 g/mol. The van der Waals surface area contributed by atoms with Crippen molar-refractivity contribution in [3.8, 4) is 0 Å². The molecule has 8 nitrogen and oxygen atoms in total. The Morgan fingerprint density at radius 1 is 1.27 bits per heavy atom.